The van der Waals surface area contributed by atoms with Gasteiger partial charge in [0.2, 0.25) is 0 Å². The first-order chi connectivity index (χ1) is 61.4. The smallest absolute Gasteiger partial charge is 0.102 e. The third-order valence-electron chi connectivity index (χ3n) is 27.3. The van der Waals surface area contributed by atoms with E-state index in [1.165, 1.54) is 110 Å². The second-order valence-corrected chi connectivity index (χ2v) is 37.1. The molecular formula is C105H125N15. The minimum absolute atomic E-state index is 0.0385. The minimum atomic E-state index is -2.34. The highest BCUT2D eigenvalue weighted by atomic mass is 15.4. The Hall–Kier alpha value is -11.5. The zero-order valence-corrected chi connectivity index (χ0v) is 74.9. The summed E-state index contributed by atoms with van der Waals surface area (Å²) in [5.74, 6) is 0. The summed E-state index contributed by atoms with van der Waals surface area (Å²) in [4.78, 5) is 43.2. The highest BCUT2D eigenvalue weighted by Crippen LogP contribution is 2.58. The minimum Gasteiger partial charge on any atom is -0.359 e. The van der Waals surface area contributed by atoms with Crippen LogP contribution in [0.25, 0.3) is 55.9 Å². The average Bonchev–Trinajstić information content (AvgIpc) is 1.54. The van der Waals surface area contributed by atoms with Gasteiger partial charge in [0.1, 0.15) is 30.8 Å². The average molecular weight is 1610 g/mol. The van der Waals surface area contributed by atoms with Gasteiger partial charge in [-0.15, -0.1) is 0 Å². The quantitative estimate of drug-likeness (QED) is 0.163. The molecule has 0 amide bonds. The fraction of sp³-hybridized carbons (Fsp3) is 0.381. The molecule has 0 N–H and O–H groups in total. The highest BCUT2D eigenvalue weighted by Gasteiger charge is 2.47. The van der Waals surface area contributed by atoms with Crippen LogP contribution in [0, 0.1) is 69.2 Å². The molecule has 5 aromatic heterocycles. The lowest BCUT2D eigenvalue weighted by molar-refractivity contribution is 0.382. The predicted octanol–water partition coefficient (Wildman–Crippen LogP) is 22.9. The maximum Gasteiger partial charge on any atom is 0.102 e. The van der Waals surface area contributed by atoms with Crippen LogP contribution in [0.4, 0.5) is 28.4 Å². The second kappa shape index (κ2) is 29.5. The van der Waals surface area contributed by atoms with Gasteiger partial charge in [-0.3, -0.25) is 24.9 Å². The van der Waals surface area contributed by atoms with E-state index in [1.807, 2.05) is 100 Å². The molecule has 0 radical (unpaired) electrons. The van der Waals surface area contributed by atoms with Crippen molar-refractivity contribution in [2.24, 2.45) is 0 Å². The van der Waals surface area contributed by atoms with Crippen molar-refractivity contribution in [3.63, 3.8) is 0 Å². The normalized spacial score (nSPS) is 23.2. The molecule has 120 heavy (non-hydrogen) atoms. The number of pyridine rings is 5. The Bertz CT molecular complexity index is 6490. The molecule has 10 aliphatic rings. The van der Waals surface area contributed by atoms with Gasteiger partial charge < -0.3 is 49.0 Å². The van der Waals surface area contributed by atoms with Crippen molar-refractivity contribution >= 4 is 28.4 Å². The van der Waals surface area contributed by atoms with E-state index < -0.39 is 39.4 Å². The molecule has 20 rings (SSSR count). The monoisotopic (exact) mass is 1610 g/mol. The van der Waals surface area contributed by atoms with Crippen molar-refractivity contribution in [3.05, 3.63) is 296 Å². The summed E-state index contributed by atoms with van der Waals surface area (Å²) in [5.41, 5.74) is 37.4. The Labute approximate surface area is 732 Å². The summed E-state index contributed by atoms with van der Waals surface area (Å²) in [6.45, 7) is 41.7. The molecule has 0 saturated heterocycles. The van der Waals surface area contributed by atoms with E-state index in [9.17, 15) is 0 Å². The zero-order valence-electron chi connectivity index (χ0n) is 86.9. The number of rotatable bonds is 5. The molecule has 0 saturated carbocycles. The first-order valence-electron chi connectivity index (χ1n) is 48.2. The second-order valence-electron chi connectivity index (χ2n) is 37.1. The van der Waals surface area contributed by atoms with E-state index in [4.69, 9.17) is 36.4 Å². The topological polar surface area (TPSA) is 96.9 Å². The first kappa shape index (κ1) is 68.3. The molecule has 5 aromatic carbocycles. The third kappa shape index (κ3) is 13.1. The summed E-state index contributed by atoms with van der Waals surface area (Å²) >= 11 is 0. The van der Waals surface area contributed by atoms with Crippen molar-refractivity contribution in [2.45, 2.75) is 231 Å². The van der Waals surface area contributed by atoms with Crippen molar-refractivity contribution < 1.29 is 16.4 Å². The van der Waals surface area contributed by atoms with E-state index in [0.717, 1.165) is 90.2 Å². The molecule has 10 aromatic rings. The van der Waals surface area contributed by atoms with E-state index >= 15 is 0 Å². The van der Waals surface area contributed by atoms with Crippen LogP contribution in [0.3, 0.4) is 0 Å². The molecule has 6 atom stereocenters. The maximum absolute atomic E-state index is 8.44. The van der Waals surface area contributed by atoms with Gasteiger partial charge in [0.05, 0.1) is 45.5 Å². The van der Waals surface area contributed by atoms with Gasteiger partial charge in [-0.1, -0.05) is 148 Å². The molecule has 1 unspecified atom stereocenters. The molecule has 5 aliphatic carbocycles. The van der Waals surface area contributed by atoms with E-state index in [1.54, 1.807) is 31.7 Å². The molecule has 15 nitrogen and oxygen atoms in total. The van der Waals surface area contributed by atoms with Crippen LogP contribution in [0.1, 0.15) is 232 Å². The number of hydrogen-bond donors (Lipinski definition) is 0. The third-order valence-corrected chi connectivity index (χ3v) is 27.3. The molecule has 620 valence electrons. The maximum atomic E-state index is 8.44. The van der Waals surface area contributed by atoms with Crippen LogP contribution in [-0.2, 0) is 27.1 Å². The van der Waals surface area contributed by atoms with Crippen LogP contribution in [0.15, 0.2) is 184 Å². The fourth-order valence-corrected chi connectivity index (χ4v) is 19.9. The Balaban J connectivity index is 0.000000121. The molecular weight excluding hydrogens is 1470 g/mol. The number of hydrogen-bond acceptors (Lipinski definition) is 15. The Morgan fingerprint density at radius 1 is 0.292 bits per heavy atom. The van der Waals surface area contributed by atoms with Gasteiger partial charge in [-0.25, -0.2) is 0 Å². The van der Waals surface area contributed by atoms with Crippen LogP contribution in [-0.4, -0.2) is 115 Å². The molecule has 15 heteroatoms. The SMILES string of the molecule is Cc1ccc2c(n1)C(C)(C)c1cc(C)c(N3C=CN(C)[C@@H]3C)cc1-2.Cc1cnc2c(c1)C(C)(C)c1c-2ccc(C)c1N1C=CN(C)[C@@H]1C.[2H]C([2H])([2H])N1C=CN(c2c(C)ccc3c2C(C)(C([2H])([2H])[2H])c2nc(C)ccc2-3)[C@H]1C.[2H]C([2H])([2H])N1C=CN(c2c(C)ccc3c2C(C)(C)c2cc(C)cnc2-3)[C@H]1C.[2H]C([2H])([2H])N1C=CN(c2cc3c(cc2C)C(C)(C)c2nc(C)ccc2-3)[C@H]1C. The number of fused-ring (bicyclic) bond motifs is 15. The Kier molecular flexibility index (Phi) is 16.8. The van der Waals surface area contributed by atoms with Gasteiger partial charge in [-0.05, 0) is 229 Å². The van der Waals surface area contributed by atoms with Gasteiger partial charge in [-0.2, -0.15) is 0 Å². The standard InChI is InChI=1S/5C21H25N3/c1-13-7-9-16-17-10-8-14(2)22-20(17)21(4,5)18(16)19(13)24-12-11-23(6)15(24)3;2*1-13-11-18-17(12-19(13)24-10-9-23(6)15(24)3)16-8-7-14(2)22-20(16)21(18,4)5;2*1-13-11-17-19(22-12-13)16-8-7-14(2)20(18(16)21(17,4)5)24-10-9-23(6)15(24)3/h5*7-12,15H,1-6H3/t5*15-/m00000/s1/i4D3,6D3;6D3;;6D3;/t15-,21?;m;;m;. The lowest BCUT2D eigenvalue weighted by Crippen LogP contribution is -2.35. The van der Waals surface area contributed by atoms with Gasteiger partial charge in [0.15, 0.2) is 0 Å². The number of aromatic nitrogens is 5. The summed E-state index contributed by atoms with van der Waals surface area (Å²) in [6, 6.07) is 38.7. The van der Waals surface area contributed by atoms with E-state index in [-0.39, 0.29) is 34.0 Å². The van der Waals surface area contributed by atoms with Crippen LogP contribution in [0.5, 0.6) is 0 Å². The number of benzene rings is 5. The van der Waals surface area contributed by atoms with Crippen LogP contribution >= 0.6 is 0 Å². The zero-order chi connectivity index (χ0) is 96.1. The molecule has 10 heterocycles. The molecule has 0 bridgehead atoms. The largest absolute Gasteiger partial charge is 0.359 e. The summed E-state index contributed by atoms with van der Waals surface area (Å²) in [7, 11) is 4.25. The first-order valence-corrected chi connectivity index (χ1v) is 42.2. The van der Waals surface area contributed by atoms with Gasteiger partial charge in [0.25, 0.3) is 0 Å². The van der Waals surface area contributed by atoms with Crippen LogP contribution in [0.2, 0.25) is 0 Å². The molecule has 0 fully saturated rings. The van der Waals surface area contributed by atoms with E-state index in [0.29, 0.717) is 23.6 Å². The molecule has 5 aliphatic heterocycles. The Morgan fingerprint density at radius 2 is 0.592 bits per heavy atom. The Morgan fingerprint density at radius 3 is 0.933 bits per heavy atom. The summed E-state index contributed by atoms with van der Waals surface area (Å²) < 4.78 is 95.3. The van der Waals surface area contributed by atoms with Gasteiger partial charge in [0, 0.05) is 209 Å². The van der Waals surface area contributed by atoms with Crippen molar-refractivity contribution in [3.8, 4) is 55.9 Å². The van der Waals surface area contributed by atoms with Crippen molar-refractivity contribution in [1.82, 2.24) is 49.4 Å². The van der Waals surface area contributed by atoms with Gasteiger partial charge >= 0.3 is 0 Å². The number of nitrogens with zero attached hydrogens (tertiary/aromatic N) is 15. The predicted molar refractivity (Wildman–Crippen MR) is 501 cm³/mol. The summed E-state index contributed by atoms with van der Waals surface area (Å²) in [6.07, 6.45) is 22.6. The number of aryl methyl sites for hydroxylation is 10. The van der Waals surface area contributed by atoms with Crippen LogP contribution < -0.4 is 24.5 Å². The number of anilines is 5. The van der Waals surface area contributed by atoms with Crippen molar-refractivity contribution in [2.75, 3.05) is 59.5 Å². The lowest BCUT2D eigenvalue weighted by atomic mass is 9.80. The van der Waals surface area contributed by atoms with Crippen molar-refractivity contribution in [1.29, 1.82) is 0 Å². The molecule has 0 spiro atoms. The highest BCUT2D eigenvalue weighted by molar-refractivity contribution is 5.91. The lowest BCUT2D eigenvalue weighted by Gasteiger charge is -2.33. The van der Waals surface area contributed by atoms with E-state index in [2.05, 4.69) is 271 Å². The summed E-state index contributed by atoms with van der Waals surface area (Å²) in [5, 5.41) is 0. The fourth-order valence-electron chi connectivity index (χ4n) is 19.9.